The summed E-state index contributed by atoms with van der Waals surface area (Å²) in [5.41, 5.74) is 3.79. The molecule has 1 N–H and O–H groups in total. The molecule has 1 saturated carbocycles. The summed E-state index contributed by atoms with van der Waals surface area (Å²) in [6, 6.07) is 12.3. The number of imidazole rings is 1. The topological polar surface area (TPSA) is 64.7 Å². The van der Waals surface area contributed by atoms with E-state index in [9.17, 15) is 4.79 Å². The molecule has 0 aliphatic heterocycles. The molecular formula is C21H21N5O. The van der Waals surface area contributed by atoms with Gasteiger partial charge in [0.15, 0.2) is 0 Å². The van der Waals surface area contributed by atoms with Gasteiger partial charge in [0.05, 0.1) is 22.7 Å². The van der Waals surface area contributed by atoms with Gasteiger partial charge >= 0.3 is 5.69 Å². The number of benzene rings is 1. The van der Waals surface area contributed by atoms with Crippen molar-refractivity contribution in [2.75, 3.05) is 5.32 Å². The van der Waals surface area contributed by atoms with Gasteiger partial charge in [-0.25, -0.2) is 9.78 Å². The third-order valence-corrected chi connectivity index (χ3v) is 5.54. The molecule has 136 valence electrons. The second-order valence-electron chi connectivity index (χ2n) is 7.24. The first kappa shape index (κ1) is 16.1. The Hall–Kier alpha value is -3.15. The molecule has 0 atom stereocenters. The molecule has 0 saturated heterocycles. The van der Waals surface area contributed by atoms with Crippen molar-refractivity contribution < 1.29 is 0 Å². The third kappa shape index (κ3) is 2.68. The zero-order valence-corrected chi connectivity index (χ0v) is 15.2. The molecule has 0 radical (unpaired) electrons. The molecule has 1 aliphatic rings. The summed E-state index contributed by atoms with van der Waals surface area (Å²) in [7, 11) is 1.82. The van der Waals surface area contributed by atoms with E-state index in [0.29, 0.717) is 6.04 Å². The lowest BCUT2D eigenvalue weighted by molar-refractivity contribution is 0.509. The highest BCUT2D eigenvalue weighted by Crippen LogP contribution is 2.31. The average molecular weight is 359 g/mol. The summed E-state index contributed by atoms with van der Waals surface area (Å²) in [6.45, 7) is 0. The molecule has 0 unspecified atom stereocenters. The van der Waals surface area contributed by atoms with Crippen LogP contribution in [0.2, 0.25) is 0 Å². The lowest BCUT2D eigenvalue weighted by atomic mass is 10.2. The molecule has 1 aliphatic carbocycles. The normalized spacial score (nSPS) is 15.0. The number of fused-ring (bicyclic) bond motifs is 2. The lowest BCUT2D eigenvalue weighted by Gasteiger charge is -2.12. The van der Waals surface area contributed by atoms with Crippen molar-refractivity contribution in [2.24, 2.45) is 7.05 Å². The van der Waals surface area contributed by atoms with Crippen LogP contribution >= 0.6 is 0 Å². The van der Waals surface area contributed by atoms with Gasteiger partial charge in [-0.15, -0.1) is 0 Å². The maximum Gasteiger partial charge on any atom is 0.329 e. The fourth-order valence-electron chi connectivity index (χ4n) is 4.14. The second kappa shape index (κ2) is 6.23. The van der Waals surface area contributed by atoms with E-state index in [4.69, 9.17) is 0 Å². The van der Waals surface area contributed by atoms with Crippen LogP contribution in [0.1, 0.15) is 31.7 Å². The molecule has 0 spiro atoms. The van der Waals surface area contributed by atoms with E-state index in [-0.39, 0.29) is 5.69 Å². The van der Waals surface area contributed by atoms with Crippen LogP contribution in [0.15, 0.2) is 53.6 Å². The van der Waals surface area contributed by atoms with E-state index in [1.54, 1.807) is 17.0 Å². The Labute approximate surface area is 156 Å². The minimum absolute atomic E-state index is 0.0487. The summed E-state index contributed by atoms with van der Waals surface area (Å²) >= 11 is 0. The number of aryl methyl sites for hydroxylation is 1. The first-order valence-corrected chi connectivity index (χ1v) is 9.39. The largest absolute Gasteiger partial charge is 0.340 e. The summed E-state index contributed by atoms with van der Waals surface area (Å²) in [4.78, 5) is 21.6. The Kier molecular flexibility index (Phi) is 3.70. The summed E-state index contributed by atoms with van der Waals surface area (Å²) in [5, 5.41) is 4.45. The number of rotatable bonds is 3. The monoisotopic (exact) mass is 359 g/mol. The highest BCUT2D eigenvalue weighted by atomic mass is 16.1. The Bertz CT molecular complexity index is 1200. The van der Waals surface area contributed by atoms with Crippen molar-refractivity contribution in [2.45, 2.75) is 31.7 Å². The van der Waals surface area contributed by atoms with Crippen LogP contribution < -0.4 is 11.0 Å². The van der Waals surface area contributed by atoms with E-state index in [0.717, 1.165) is 46.3 Å². The van der Waals surface area contributed by atoms with E-state index in [1.165, 1.54) is 12.8 Å². The number of aromatic nitrogens is 4. The zero-order valence-electron chi connectivity index (χ0n) is 15.2. The van der Waals surface area contributed by atoms with Gasteiger partial charge in [-0.1, -0.05) is 18.9 Å². The number of hydrogen-bond donors (Lipinski definition) is 1. The van der Waals surface area contributed by atoms with Crippen LogP contribution in [-0.4, -0.2) is 19.1 Å². The van der Waals surface area contributed by atoms with Crippen LogP contribution in [0.3, 0.4) is 0 Å². The van der Waals surface area contributed by atoms with E-state index >= 15 is 0 Å². The predicted molar refractivity (Wildman–Crippen MR) is 108 cm³/mol. The van der Waals surface area contributed by atoms with Gasteiger partial charge in [-0.05, 0) is 37.1 Å². The maximum atomic E-state index is 12.8. The van der Waals surface area contributed by atoms with Gasteiger partial charge in [-0.3, -0.25) is 14.1 Å². The SMILES string of the molecule is Cn1c(=O)n(C2CCCC2)c2cc(Nc3ccc4ncccc4c3)ncc21. The predicted octanol–water partition coefficient (Wildman–Crippen LogP) is 4.14. The fraction of sp³-hybridized carbons (Fsp3) is 0.286. The Morgan fingerprint density at radius 1 is 1.07 bits per heavy atom. The van der Waals surface area contributed by atoms with Crippen molar-refractivity contribution in [1.82, 2.24) is 19.1 Å². The van der Waals surface area contributed by atoms with Gasteiger partial charge < -0.3 is 5.32 Å². The van der Waals surface area contributed by atoms with Gasteiger partial charge in [-0.2, -0.15) is 0 Å². The molecule has 27 heavy (non-hydrogen) atoms. The molecule has 6 heteroatoms. The van der Waals surface area contributed by atoms with Crippen LogP contribution in [-0.2, 0) is 7.05 Å². The molecule has 5 rings (SSSR count). The first-order chi connectivity index (χ1) is 13.2. The number of pyridine rings is 2. The molecule has 3 aromatic heterocycles. The van der Waals surface area contributed by atoms with E-state index < -0.39 is 0 Å². The number of hydrogen-bond acceptors (Lipinski definition) is 4. The van der Waals surface area contributed by atoms with Gasteiger partial charge in [0.25, 0.3) is 0 Å². The molecular weight excluding hydrogens is 338 g/mol. The summed E-state index contributed by atoms with van der Waals surface area (Å²) in [6.07, 6.45) is 8.10. The first-order valence-electron chi connectivity index (χ1n) is 9.39. The minimum atomic E-state index is 0.0487. The molecule has 0 amide bonds. The molecule has 6 nitrogen and oxygen atoms in total. The zero-order chi connectivity index (χ0) is 18.4. The summed E-state index contributed by atoms with van der Waals surface area (Å²) in [5.74, 6) is 0.739. The van der Waals surface area contributed by atoms with Crippen molar-refractivity contribution in [3.05, 3.63) is 59.3 Å². The van der Waals surface area contributed by atoms with Crippen molar-refractivity contribution in [3.8, 4) is 0 Å². The van der Waals surface area contributed by atoms with E-state index in [1.807, 2.05) is 41.9 Å². The number of nitrogens with zero attached hydrogens (tertiary/aromatic N) is 4. The van der Waals surface area contributed by atoms with Crippen LogP contribution in [0, 0.1) is 0 Å². The highest BCUT2D eigenvalue weighted by molar-refractivity contribution is 5.84. The second-order valence-corrected chi connectivity index (χ2v) is 7.24. The quantitative estimate of drug-likeness (QED) is 0.597. The molecule has 0 bridgehead atoms. The Balaban J connectivity index is 1.57. The number of nitrogens with one attached hydrogen (secondary N) is 1. The molecule has 4 aromatic rings. The van der Waals surface area contributed by atoms with Crippen LogP contribution in [0.25, 0.3) is 21.9 Å². The van der Waals surface area contributed by atoms with Gasteiger partial charge in [0.1, 0.15) is 5.82 Å². The summed E-state index contributed by atoms with van der Waals surface area (Å²) < 4.78 is 3.66. The smallest absolute Gasteiger partial charge is 0.329 e. The van der Waals surface area contributed by atoms with Crippen molar-refractivity contribution in [3.63, 3.8) is 0 Å². The van der Waals surface area contributed by atoms with Gasteiger partial charge in [0.2, 0.25) is 0 Å². The fourth-order valence-corrected chi connectivity index (χ4v) is 4.14. The van der Waals surface area contributed by atoms with Crippen molar-refractivity contribution in [1.29, 1.82) is 0 Å². The number of anilines is 2. The lowest BCUT2D eigenvalue weighted by Crippen LogP contribution is -2.24. The van der Waals surface area contributed by atoms with E-state index in [2.05, 4.69) is 21.4 Å². The molecule has 1 fully saturated rings. The maximum absolute atomic E-state index is 12.8. The Morgan fingerprint density at radius 2 is 1.93 bits per heavy atom. The van der Waals surface area contributed by atoms with Crippen molar-refractivity contribution >= 4 is 33.4 Å². The molecule has 3 heterocycles. The average Bonchev–Trinajstić information content (AvgIpc) is 3.29. The van der Waals surface area contributed by atoms with Crippen LogP contribution in [0.5, 0.6) is 0 Å². The highest BCUT2D eigenvalue weighted by Gasteiger charge is 2.23. The minimum Gasteiger partial charge on any atom is -0.340 e. The standard InChI is InChI=1S/C21H21N5O/c1-25-19-13-23-20(12-18(19)26(21(25)27)16-6-2-3-7-16)24-15-8-9-17-14(11-15)5-4-10-22-17/h4-5,8-13,16H,2-3,6-7H2,1H3,(H,23,24). The molecule has 1 aromatic carbocycles. The van der Waals surface area contributed by atoms with Gasteiger partial charge in [0, 0.05) is 36.4 Å². The third-order valence-electron chi connectivity index (χ3n) is 5.54. The van der Waals surface area contributed by atoms with Crippen LogP contribution in [0.4, 0.5) is 11.5 Å². The Morgan fingerprint density at radius 3 is 2.78 bits per heavy atom.